The van der Waals surface area contributed by atoms with Crippen LogP contribution in [-0.2, 0) is 14.6 Å². The maximum atomic E-state index is 11.8. The van der Waals surface area contributed by atoms with Crippen LogP contribution in [0.15, 0.2) is 0 Å². The summed E-state index contributed by atoms with van der Waals surface area (Å²) < 4.78 is 27.7. The summed E-state index contributed by atoms with van der Waals surface area (Å²) in [6, 6.07) is -0.284. The number of amides is 1. The van der Waals surface area contributed by atoms with Crippen molar-refractivity contribution < 1.29 is 23.1 Å². The molecule has 0 aromatic heterocycles. The van der Waals surface area contributed by atoms with Crippen molar-refractivity contribution in [2.75, 3.05) is 31.3 Å². The number of carbonyl (C=O) groups is 1. The molecular weight excluding hydrogens is 258 g/mol. The van der Waals surface area contributed by atoms with Crippen LogP contribution in [0.25, 0.3) is 0 Å². The second kappa shape index (κ2) is 6.94. The molecule has 1 rings (SSSR count). The average Bonchev–Trinajstić information content (AvgIpc) is 2.67. The summed E-state index contributed by atoms with van der Waals surface area (Å²) in [5, 5.41) is 8.63. The summed E-state index contributed by atoms with van der Waals surface area (Å²) >= 11 is 0. The topological polar surface area (TPSA) is 83.9 Å². The fourth-order valence-electron chi connectivity index (χ4n) is 1.99. The van der Waals surface area contributed by atoms with Gasteiger partial charge in [0.25, 0.3) is 0 Å². The van der Waals surface area contributed by atoms with Crippen molar-refractivity contribution in [3.8, 4) is 0 Å². The van der Waals surface area contributed by atoms with Gasteiger partial charge in [-0.15, -0.1) is 0 Å². The molecule has 106 valence electrons. The molecule has 1 N–H and O–H groups in total. The van der Waals surface area contributed by atoms with Crippen LogP contribution in [0.5, 0.6) is 0 Å². The Labute approximate surface area is 108 Å². The van der Waals surface area contributed by atoms with E-state index in [1.807, 2.05) is 6.92 Å². The Hall–Kier alpha value is -0.820. The Balaban J connectivity index is 2.63. The fourth-order valence-corrected chi connectivity index (χ4v) is 3.72. The Kier molecular flexibility index (Phi) is 5.87. The van der Waals surface area contributed by atoms with Gasteiger partial charge in [0, 0.05) is 12.6 Å². The number of aliphatic hydroxyl groups excluding tert-OH is 1. The third kappa shape index (κ3) is 4.45. The van der Waals surface area contributed by atoms with E-state index in [0.717, 1.165) is 12.8 Å². The van der Waals surface area contributed by atoms with Crippen LogP contribution >= 0.6 is 0 Å². The molecule has 1 heterocycles. The molecule has 1 aliphatic heterocycles. The van der Waals surface area contributed by atoms with Crippen molar-refractivity contribution in [1.82, 2.24) is 4.90 Å². The normalized spacial score (nSPS) is 21.8. The summed E-state index contributed by atoms with van der Waals surface area (Å²) in [7, 11) is -3.02. The summed E-state index contributed by atoms with van der Waals surface area (Å²) in [6.07, 6.45) is 1.67. The molecular formula is C11H21NO5S. The van der Waals surface area contributed by atoms with Crippen LogP contribution in [-0.4, -0.2) is 61.8 Å². The number of unbranched alkanes of at least 4 members (excludes halogenated alkanes) is 1. The van der Waals surface area contributed by atoms with Crippen LogP contribution in [0.1, 0.15) is 26.2 Å². The van der Waals surface area contributed by atoms with Crippen molar-refractivity contribution >= 4 is 15.9 Å². The second-order valence-corrected chi connectivity index (χ2v) is 6.67. The molecule has 18 heavy (non-hydrogen) atoms. The molecule has 0 aliphatic carbocycles. The van der Waals surface area contributed by atoms with Crippen LogP contribution in [0.4, 0.5) is 4.79 Å². The Morgan fingerprint density at radius 1 is 1.50 bits per heavy atom. The number of hydrogen-bond acceptors (Lipinski definition) is 5. The van der Waals surface area contributed by atoms with Gasteiger partial charge in [-0.25, -0.2) is 13.2 Å². The van der Waals surface area contributed by atoms with E-state index in [2.05, 4.69) is 0 Å². The predicted molar refractivity (Wildman–Crippen MR) is 67.1 cm³/mol. The average molecular weight is 279 g/mol. The van der Waals surface area contributed by atoms with Gasteiger partial charge in [0.2, 0.25) is 0 Å². The Morgan fingerprint density at radius 3 is 2.72 bits per heavy atom. The second-order valence-electron chi connectivity index (χ2n) is 4.44. The largest absolute Gasteiger partial charge is 0.447 e. The number of carbonyl (C=O) groups excluding carboxylic acids is 1. The lowest BCUT2D eigenvalue weighted by Gasteiger charge is -2.27. The Bertz CT molecular complexity index is 368. The number of hydrogen-bond donors (Lipinski definition) is 1. The molecule has 1 atom stereocenters. The minimum atomic E-state index is -3.02. The van der Waals surface area contributed by atoms with Gasteiger partial charge in [-0.2, -0.15) is 0 Å². The summed E-state index contributed by atoms with van der Waals surface area (Å²) in [4.78, 5) is 13.3. The van der Waals surface area contributed by atoms with Gasteiger partial charge >= 0.3 is 6.09 Å². The van der Waals surface area contributed by atoms with Gasteiger partial charge in [-0.05, 0) is 12.8 Å². The molecule has 0 aromatic carbocycles. The molecule has 0 saturated carbocycles. The van der Waals surface area contributed by atoms with Crippen molar-refractivity contribution in [2.24, 2.45) is 0 Å². The molecule has 6 nitrogen and oxygen atoms in total. The monoisotopic (exact) mass is 279 g/mol. The summed E-state index contributed by atoms with van der Waals surface area (Å²) in [6.45, 7) is 2.22. The summed E-state index contributed by atoms with van der Waals surface area (Å²) in [5.74, 6) is 0.151. The first kappa shape index (κ1) is 15.2. The van der Waals surface area contributed by atoms with E-state index in [1.54, 1.807) is 0 Å². The third-order valence-electron chi connectivity index (χ3n) is 2.95. The van der Waals surface area contributed by atoms with Crippen LogP contribution < -0.4 is 0 Å². The van der Waals surface area contributed by atoms with E-state index in [0.29, 0.717) is 13.0 Å². The first-order valence-electron chi connectivity index (χ1n) is 6.25. The number of rotatable bonds is 6. The zero-order valence-electron chi connectivity index (χ0n) is 10.7. The minimum Gasteiger partial charge on any atom is -0.447 e. The first-order chi connectivity index (χ1) is 8.50. The number of ether oxygens (including phenoxy) is 1. The van der Waals surface area contributed by atoms with E-state index >= 15 is 0 Å². The molecule has 1 unspecified atom stereocenters. The van der Waals surface area contributed by atoms with Gasteiger partial charge < -0.3 is 14.7 Å². The van der Waals surface area contributed by atoms with Gasteiger partial charge in [0.05, 0.1) is 18.1 Å². The van der Waals surface area contributed by atoms with E-state index in [9.17, 15) is 13.2 Å². The number of aliphatic hydroxyl groups is 1. The lowest BCUT2D eigenvalue weighted by molar-refractivity contribution is 0.0736. The molecule has 1 amide bonds. The maximum Gasteiger partial charge on any atom is 0.410 e. The van der Waals surface area contributed by atoms with Crippen LogP contribution in [0, 0.1) is 0 Å². The van der Waals surface area contributed by atoms with E-state index in [-0.39, 0.29) is 30.8 Å². The highest BCUT2D eigenvalue weighted by Gasteiger charge is 2.34. The molecule has 1 aliphatic rings. The molecule has 0 aromatic rings. The van der Waals surface area contributed by atoms with Crippen molar-refractivity contribution in [2.45, 2.75) is 32.2 Å². The van der Waals surface area contributed by atoms with Crippen molar-refractivity contribution in [3.63, 3.8) is 0 Å². The quantitative estimate of drug-likeness (QED) is 0.761. The fraction of sp³-hybridized carbons (Fsp3) is 0.909. The first-order valence-corrected chi connectivity index (χ1v) is 8.07. The molecule has 7 heteroatoms. The van der Waals surface area contributed by atoms with Gasteiger partial charge in [0.15, 0.2) is 9.84 Å². The molecule has 0 radical (unpaired) electrons. The molecule has 1 fully saturated rings. The van der Waals surface area contributed by atoms with E-state index in [4.69, 9.17) is 9.84 Å². The molecule has 0 bridgehead atoms. The van der Waals surface area contributed by atoms with E-state index in [1.165, 1.54) is 4.90 Å². The highest BCUT2D eigenvalue weighted by Crippen LogP contribution is 2.19. The predicted octanol–water partition coefficient (Wildman–Crippen LogP) is 0.405. The lowest BCUT2D eigenvalue weighted by atomic mass is 10.2. The Morgan fingerprint density at radius 2 is 2.22 bits per heavy atom. The molecule has 0 spiro atoms. The third-order valence-corrected chi connectivity index (χ3v) is 4.70. The standard InChI is InChI=1S/C11H21NO5S/c1-2-3-5-12(11(14)17-7-6-13)10-4-8-18(15,16)9-10/h10,13H,2-9H2,1H3. The van der Waals surface area contributed by atoms with E-state index < -0.39 is 15.9 Å². The van der Waals surface area contributed by atoms with Gasteiger partial charge in [-0.3, -0.25) is 0 Å². The van der Waals surface area contributed by atoms with Crippen LogP contribution in [0.3, 0.4) is 0 Å². The smallest absolute Gasteiger partial charge is 0.410 e. The minimum absolute atomic E-state index is 0.0188. The highest BCUT2D eigenvalue weighted by molar-refractivity contribution is 7.91. The zero-order valence-corrected chi connectivity index (χ0v) is 11.5. The van der Waals surface area contributed by atoms with Crippen molar-refractivity contribution in [3.05, 3.63) is 0 Å². The van der Waals surface area contributed by atoms with Gasteiger partial charge in [0.1, 0.15) is 6.61 Å². The number of sulfone groups is 1. The van der Waals surface area contributed by atoms with Gasteiger partial charge in [-0.1, -0.05) is 13.3 Å². The number of nitrogens with zero attached hydrogens (tertiary/aromatic N) is 1. The van der Waals surface area contributed by atoms with Crippen molar-refractivity contribution in [1.29, 1.82) is 0 Å². The maximum absolute atomic E-state index is 11.8. The zero-order chi connectivity index (χ0) is 13.6. The summed E-state index contributed by atoms with van der Waals surface area (Å²) in [5.41, 5.74) is 0. The highest BCUT2D eigenvalue weighted by atomic mass is 32.2. The SMILES string of the molecule is CCCCN(C(=O)OCCO)C1CCS(=O)(=O)C1. The molecule has 1 saturated heterocycles. The van der Waals surface area contributed by atoms with Crippen LogP contribution in [0.2, 0.25) is 0 Å². The lowest BCUT2D eigenvalue weighted by Crippen LogP contribution is -2.42.